The van der Waals surface area contributed by atoms with Crippen LogP contribution in [0.1, 0.15) is 43.7 Å². The zero-order chi connectivity index (χ0) is 13.1. The fraction of sp³-hybridized carbons (Fsp3) is 0.733. The van der Waals surface area contributed by atoms with Crippen molar-refractivity contribution in [3.05, 3.63) is 22.2 Å². The third-order valence-electron chi connectivity index (χ3n) is 5.67. The standard InChI is InChI=1S/C15H21N3O/c1-8-7-18(15(19)17-14(8)16)13-11-3-9-2-10(5-11)6-12(13)4-9/h7,9-13H,2-6H2,1H3,(H2,16,17,19). The number of rotatable bonds is 1. The molecule has 1 aromatic rings. The van der Waals surface area contributed by atoms with Crippen LogP contribution in [0, 0.1) is 30.6 Å². The van der Waals surface area contributed by atoms with Crippen molar-refractivity contribution in [2.45, 2.75) is 45.1 Å². The number of aromatic nitrogens is 2. The molecule has 4 nitrogen and oxygen atoms in total. The summed E-state index contributed by atoms with van der Waals surface area (Å²) < 4.78 is 1.90. The lowest BCUT2D eigenvalue weighted by Crippen LogP contribution is -2.48. The number of hydrogen-bond donors (Lipinski definition) is 1. The van der Waals surface area contributed by atoms with E-state index < -0.39 is 0 Å². The number of hydrogen-bond acceptors (Lipinski definition) is 3. The van der Waals surface area contributed by atoms with Crippen molar-refractivity contribution in [1.82, 2.24) is 9.55 Å². The maximum Gasteiger partial charge on any atom is 0.349 e. The lowest BCUT2D eigenvalue weighted by Gasteiger charge is -2.54. The summed E-state index contributed by atoms with van der Waals surface area (Å²) >= 11 is 0. The van der Waals surface area contributed by atoms with Crippen LogP contribution in [-0.4, -0.2) is 9.55 Å². The lowest BCUT2D eigenvalue weighted by atomic mass is 9.54. The summed E-state index contributed by atoms with van der Waals surface area (Å²) in [6, 6.07) is 0.382. The Balaban J connectivity index is 1.77. The molecule has 0 amide bonds. The van der Waals surface area contributed by atoms with Crippen LogP contribution in [0.25, 0.3) is 0 Å². The number of aryl methyl sites for hydroxylation is 1. The second kappa shape index (κ2) is 3.84. The molecule has 5 rings (SSSR count). The Kier molecular flexibility index (Phi) is 2.32. The number of nitrogens with zero attached hydrogens (tertiary/aromatic N) is 2. The molecule has 4 aliphatic carbocycles. The summed E-state index contributed by atoms with van der Waals surface area (Å²) in [6.07, 6.45) is 8.63. The predicted octanol–water partition coefficient (Wildman–Crippen LogP) is 2.13. The molecule has 4 heteroatoms. The molecule has 4 aliphatic rings. The summed E-state index contributed by atoms with van der Waals surface area (Å²) in [6.45, 7) is 1.94. The van der Waals surface area contributed by atoms with Gasteiger partial charge in [-0.15, -0.1) is 0 Å². The van der Waals surface area contributed by atoms with Gasteiger partial charge in [-0.25, -0.2) is 4.79 Å². The average Bonchev–Trinajstić information content (AvgIpc) is 2.34. The first-order valence-corrected chi connectivity index (χ1v) is 7.47. The van der Waals surface area contributed by atoms with Crippen molar-refractivity contribution in [3.63, 3.8) is 0 Å². The van der Waals surface area contributed by atoms with Gasteiger partial charge >= 0.3 is 5.69 Å². The Morgan fingerprint density at radius 1 is 1.16 bits per heavy atom. The summed E-state index contributed by atoms with van der Waals surface area (Å²) in [7, 11) is 0. The topological polar surface area (TPSA) is 60.9 Å². The van der Waals surface area contributed by atoms with E-state index in [4.69, 9.17) is 5.73 Å². The molecule has 0 aliphatic heterocycles. The van der Waals surface area contributed by atoms with Gasteiger partial charge in [-0.2, -0.15) is 4.98 Å². The first-order chi connectivity index (χ1) is 9.11. The minimum Gasteiger partial charge on any atom is -0.383 e. The SMILES string of the molecule is Cc1cn(C2C3CC4CC(C3)CC2C4)c(=O)nc1N. The molecule has 0 unspecified atom stereocenters. The normalized spacial score (nSPS) is 39.7. The molecule has 1 heterocycles. The van der Waals surface area contributed by atoms with Gasteiger partial charge in [0.05, 0.1) is 0 Å². The van der Waals surface area contributed by atoms with E-state index in [9.17, 15) is 4.79 Å². The average molecular weight is 259 g/mol. The molecular formula is C15H21N3O. The van der Waals surface area contributed by atoms with Gasteiger partial charge < -0.3 is 5.73 Å². The van der Waals surface area contributed by atoms with Crippen molar-refractivity contribution in [2.24, 2.45) is 23.7 Å². The maximum atomic E-state index is 12.2. The van der Waals surface area contributed by atoms with Gasteiger partial charge in [-0.05, 0) is 62.7 Å². The molecule has 4 bridgehead atoms. The lowest BCUT2D eigenvalue weighted by molar-refractivity contribution is -0.0308. The Labute approximate surface area is 113 Å². The summed E-state index contributed by atoms with van der Waals surface area (Å²) in [5.41, 5.74) is 6.51. The van der Waals surface area contributed by atoms with Crippen LogP contribution < -0.4 is 11.4 Å². The highest BCUT2D eigenvalue weighted by Crippen LogP contribution is 2.57. The molecule has 4 fully saturated rings. The second-order valence-electron chi connectivity index (χ2n) is 6.92. The van der Waals surface area contributed by atoms with Gasteiger partial charge in [0, 0.05) is 17.8 Å². The predicted molar refractivity (Wildman–Crippen MR) is 73.7 cm³/mol. The van der Waals surface area contributed by atoms with E-state index >= 15 is 0 Å². The smallest absolute Gasteiger partial charge is 0.349 e. The Morgan fingerprint density at radius 2 is 1.74 bits per heavy atom. The van der Waals surface area contributed by atoms with E-state index in [2.05, 4.69) is 4.98 Å². The number of anilines is 1. The Bertz CT molecular complexity index is 549. The van der Waals surface area contributed by atoms with E-state index in [1.54, 1.807) is 0 Å². The van der Waals surface area contributed by atoms with Crippen LogP contribution in [0.3, 0.4) is 0 Å². The molecular weight excluding hydrogens is 238 g/mol. The Hall–Kier alpha value is -1.32. The van der Waals surface area contributed by atoms with Gasteiger partial charge in [-0.3, -0.25) is 4.57 Å². The molecule has 0 radical (unpaired) electrons. The van der Waals surface area contributed by atoms with Crippen LogP contribution in [0.4, 0.5) is 5.82 Å². The van der Waals surface area contributed by atoms with E-state index in [-0.39, 0.29) is 5.69 Å². The molecule has 2 N–H and O–H groups in total. The van der Waals surface area contributed by atoms with Crippen LogP contribution in [0.5, 0.6) is 0 Å². The van der Waals surface area contributed by atoms with Crippen molar-refractivity contribution >= 4 is 5.82 Å². The summed E-state index contributed by atoms with van der Waals surface area (Å²) in [5, 5.41) is 0. The Morgan fingerprint density at radius 3 is 2.32 bits per heavy atom. The van der Waals surface area contributed by atoms with Crippen LogP contribution >= 0.6 is 0 Å². The summed E-state index contributed by atoms with van der Waals surface area (Å²) in [4.78, 5) is 16.2. The van der Waals surface area contributed by atoms with Crippen molar-refractivity contribution in [2.75, 3.05) is 5.73 Å². The van der Waals surface area contributed by atoms with Gasteiger partial charge in [0.1, 0.15) is 5.82 Å². The minimum absolute atomic E-state index is 0.152. The van der Waals surface area contributed by atoms with Gasteiger partial charge in [0.25, 0.3) is 0 Å². The number of nitrogen functional groups attached to an aromatic ring is 1. The number of nitrogens with two attached hydrogens (primary N) is 1. The zero-order valence-electron chi connectivity index (χ0n) is 11.4. The van der Waals surface area contributed by atoms with Crippen molar-refractivity contribution in [1.29, 1.82) is 0 Å². The first-order valence-electron chi connectivity index (χ1n) is 7.47. The molecule has 1 aromatic heterocycles. The molecule has 0 saturated heterocycles. The van der Waals surface area contributed by atoms with Crippen molar-refractivity contribution < 1.29 is 0 Å². The molecule has 102 valence electrons. The molecule has 0 aromatic carbocycles. The zero-order valence-corrected chi connectivity index (χ0v) is 11.4. The van der Waals surface area contributed by atoms with Gasteiger partial charge in [-0.1, -0.05) is 0 Å². The van der Waals surface area contributed by atoms with E-state index in [0.717, 1.165) is 17.4 Å². The molecule has 0 atom stereocenters. The second-order valence-corrected chi connectivity index (χ2v) is 6.92. The van der Waals surface area contributed by atoms with E-state index in [1.165, 1.54) is 32.1 Å². The van der Waals surface area contributed by atoms with Crippen LogP contribution in [0.2, 0.25) is 0 Å². The highest BCUT2D eigenvalue weighted by Gasteiger charge is 2.49. The van der Waals surface area contributed by atoms with Crippen LogP contribution in [-0.2, 0) is 0 Å². The third-order valence-corrected chi connectivity index (χ3v) is 5.67. The largest absolute Gasteiger partial charge is 0.383 e. The molecule has 19 heavy (non-hydrogen) atoms. The van der Waals surface area contributed by atoms with Gasteiger partial charge in [0.2, 0.25) is 0 Å². The fourth-order valence-electron chi connectivity index (χ4n) is 5.14. The van der Waals surface area contributed by atoms with Gasteiger partial charge in [0.15, 0.2) is 0 Å². The highest BCUT2D eigenvalue weighted by molar-refractivity contribution is 5.35. The van der Waals surface area contributed by atoms with E-state index in [1.807, 2.05) is 17.7 Å². The van der Waals surface area contributed by atoms with Crippen molar-refractivity contribution in [3.8, 4) is 0 Å². The maximum absolute atomic E-state index is 12.2. The minimum atomic E-state index is -0.152. The fourth-order valence-corrected chi connectivity index (χ4v) is 5.14. The monoisotopic (exact) mass is 259 g/mol. The molecule has 4 saturated carbocycles. The quantitative estimate of drug-likeness (QED) is 0.840. The summed E-state index contributed by atoms with van der Waals surface area (Å²) in [5.74, 6) is 3.62. The first kappa shape index (κ1) is 11.5. The highest BCUT2D eigenvalue weighted by atomic mass is 16.1. The van der Waals surface area contributed by atoms with Crippen LogP contribution in [0.15, 0.2) is 11.0 Å². The molecule has 0 spiro atoms. The third kappa shape index (κ3) is 1.65. The van der Waals surface area contributed by atoms with E-state index in [0.29, 0.717) is 23.7 Å².